The van der Waals surface area contributed by atoms with E-state index in [-0.39, 0.29) is 0 Å². The van der Waals surface area contributed by atoms with Crippen molar-refractivity contribution < 1.29 is 14.3 Å². The van der Waals surface area contributed by atoms with Crippen molar-refractivity contribution >= 4 is 39.3 Å². The smallest absolute Gasteiger partial charge is 0.253 e. The Bertz CT molecular complexity index is 986. The van der Waals surface area contributed by atoms with Gasteiger partial charge < -0.3 is 9.47 Å². The summed E-state index contributed by atoms with van der Waals surface area (Å²) in [4.78, 5) is 16.7. The fourth-order valence-electron chi connectivity index (χ4n) is 2.72. The molecule has 1 heterocycles. The van der Waals surface area contributed by atoms with Gasteiger partial charge in [0, 0.05) is 21.5 Å². The van der Waals surface area contributed by atoms with Crippen LogP contribution in [0.4, 0.5) is 0 Å². The number of fused-ring (bicyclic) bond motifs is 1. The van der Waals surface area contributed by atoms with E-state index < -0.39 is 5.24 Å². The summed E-state index contributed by atoms with van der Waals surface area (Å²) in [5, 5.41) is 0.674. The molecule has 0 aliphatic carbocycles. The number of carbonyl (C=O) groups is 1. The number of pyridine rings is 1. The van der Waals surface area contributed by atoms with E-state index in [0.717, 1.165) is 5.56 Å². The van der Waals surface area contributed by atoms with Crippen molar-refractivity contribution in [2.75, 3.05) is 14.2 Å². The van der Waals surface area contributed by atoms with Gasteiger partial charge in [0.05, 0.1) is 25.4 Å². The molecule has 0 spiro atoms. The lowest BCUT2D eigenvalue weighted by Gasteiger charge is -2.13. The van der Waals surface area contributed by atoms with E-state index in [0.29, 0.717) is 44.2 Å². The standard InChI is InChI=1S/C19H15Cl2NO3/c1-10-15(20)6-5-12-13(19(21)23)9-16(22-18(10)12)14-8-11(24-2)4-7-17(14)25-3/h4-9H,1-3H3. The van der Waals surface area contributed by atoms with Crippen LogP contribution in [0.1, 0.15) is 15.9 Å². The summed E-state index contributed by atoms with van der Waals surface area (Å²) in [5.41, 5.74) is 3.02. The number of ether oxygens (including phenoxy) is 2. The Balaban J connectivity index is 2.38. The van der Waals surface area contributed by atoms with Crippen LogP contribution in [-0.2, 0) is 0 Å². The summed E-state index contributed by atoms with van der Waals surface area (Å²) in [6.45, 7) is 1.85. The molecule has 0 amide bonds. The minimum atomic E-state index is -0.558. The molecule has 0 aliphatic heterocycles. The van der Waals surface area contributed by atoms with Crippen LogP contribution in [0.3, 0.4) is 0 Å². The SMILES string of the molecule is COc1ccc(OC)c(-c2cc(C(=O)Cl)c3ccc(Cl)c(C)c3n2)c1. The molecule has 0 atom stereocenters. The highest BCUT2D eigenvalue weighted by Gasteiger charge is 2.17. The molecule has 3 aromatic rings. The molecule has 0 aliphatic rings. The maximum absolute atomic E-state index is 12.0. The topological polar surface area (TPSA) is 48.4 Å². The third-order valence-corrected chi connectivity index (χ3v) is 4.68. The zero-order chi connectivity index (χ0) is 18.1. The lowest BCUT2D eigenvalue weighted by molar-refractivity contribution is 0.108. The highest BCUT2D eigenvalue weighted by Crippen LogP contribution is 2.36. The highest BCUT2D eigenvalue weighted by atomic mass is 35.5. The third-order valence-electron chi connectivity index (χ3n) is 4.06. The summed E-state index contributed by atoms with van der Waals surface area (Å²) in [5.74, 6) is 1.26. The van der Waals surface area contributed by atoms with Gasteiger partial charge in [-0.2, -0.15) is 0 Å². The van der Waals surface area contributed by atoms with Crippen LogP contribution in [-0.4, -0.2) is 24.4 Å². The number of benzene rings is 2. The third kappa shape index (κ3) is 3.15. The predicted molar refractivity (Wildman–Crippen MR) is 100 cm³/mol. The summed E-state index contributed by atoms with van der Waals surface area (Å²) in [6, 6.07) is 10.5. The molecule has 0 radical (unpaired) electrons. The van der Waals surface area contributed by atoms with Gasteiger partial charge in [-0.05, 0) is 54.4 Å². The summed E-state index contributed by atoms with van der Waals surface area (Å²) < 4.78 is 10.7. The maximum atomic E-state index is 12.0. The van der Waals surface area contributed by atoms with Gasteiger partial charge in [0.2, 0.25) is 0 Å². The largest absolute Gasteiger partial charge is 0.497 e. The number of carbonyl (C=O) groups excluding carboxylic acids is 1. The second kappa shape index (κ2) is 6.90. The molecule has 3 rings (SSSR count). The van der Waals surface area contributed by atoms with Gasteiger partial charge >= 0.3 is 0 Å². The average Bonchev–Trinajstić information content (AvgIpc) is 2.63. The first kappa shape index (κ1) is 17.5. The predicted octanol–water partition coefficient (Wildman–Crippen LogP) is 5.26. The molecular formula is C19H15Cl2NO3. The van der Waals surface area contributed by atoms with Gasteiger partial charge in [-0.1, -0.05) is 17.7 Å². The zero-order valence-corrected chi connectivity index (χ0v) is 15.4. The monoisotopic (exact) mass is 375 g/mol. The van der Waals surface area contributed by atoms with Crippen molar-refractivity contribution in [1.82, 2.24) is 4.98 Å². The van der Waals surface area contributed by atoms with Crippen LogP contribution < -0.4 is 9.47 Å². The van der Waals surface area contributed by atoms with Crippen molar-refractivity contribution in [3.05, 3.63) is 52.5 Å². The number of nitrogens with zero attached hydrogens (tertiary/aromatic N) is 1. The Morgan fingerprint density at radius 2 is 1.84 bits per heavy atom. The summed E-state index contributed by atoms with van der Waals surface area (Å²) in [7, 11) is 3.15. The molecule has 0 unspecified atom stereocenters. The molecule has 128 valence electrons. The van der Waals surface area contributed by atoms with Crippen LogP contribution >= 0.6 is 23.2 Å². The van der Waals surface area contributed by atoms with E-state index in [1.165, 1.54) is 0 Å². The number of methoxy groups -OCH3 is 2. The van der Waals surface area contributed by atoms with E-state index in [4.69, 9.17) is 37.7 Å². The molecule has 0 N–H and O–H groups in total. The van der Waals surface area contributed by atoms with Crippen molar-refractivity contribution in [3.63, 3.8) is 0 Å². The average molecular weight is 376 g/mol. The minimum Gasteiger partial charge on any atom is -0.497 e. The van der Waals surface area contributed by atoms with Gasteiger partial charge in [0.1, 0.15) is 11.5 Å². The van der Waals surface area contributed by atoms with Crippen molar-refractivity contribution in [2.24, 2.45) is 0 Å². The van der Waals surface area contributed by atoms with Crippen LogP contribution in [0.25, 0.3) is 22.2 Å². The first-order valence-electron chi connectivity index (χ1n) is 7.48. The van der Waals surface area contributed by atoms with Gasteiger partial charge in [0.15, 0.2) is 0 Å². The summed E-state index contributed by atoms with van der Waals surface area (Å²) >= 11 is 12.0. The Morgan fingerprint density at radius 1 is 1.08 bits per heavy atom. The lowest BCUT2D eigenvalue weighted by Crippen LogP contribution is -1.99. The Morgan fingerprint density at radius 3 is 2.48 bits per heavy atom. The van der Waals surface area contributed by atoms with E-state index >= 15 is 0 Å². The second-order valence-corrected chi connectivity index (χ2v) is 6.21. The van der Waals surface area contributed by atoms with Crippen molar-refractivity contribution in [3.8, 4) is 22.8 Å². The quantitative estimate of drug-likeness (QED) is 0.583. The first-order valence-corrected chi connectivity index (χ1v) is 8.24. The van der Waals surface area contributed by atoms with E-state index in [2.05, 4.69) is 0 Å². The molecule has 0 fully saturated rings. The molecule has 0 saturated heterocycles. The first-order chi connectivity index (χ1) is 12.0. The molecule has 2 aromatic carbocycles. The van der Waals surface area contributed by atoms with Gasteiger partial charge in [-0.3, -0.25) is 4.79 Å². The molecule has 0 bridgehead atoms. The number of aromatic nitrogens is 1. The maximum Gasteiger partial charge on any atom is 0.253 e. The Labute approximate surface area is 155 Å². The normalized spacial score (nSPS) is 10.8. The van der Waals surface area contributed by atoms with Crippen LogP contribution in [0.15, 0.2) is 36.4 Å². The van der Waals surface area contributed by atoms with E-state index in [1.54, 1.807) is 50.6 Å². The van der Waals surface area contributed by atoms with E-state index in [1.807, 2.05) is 6.92 Å². The number of aryl methyl sites for hydroxylation is 1. The molecule has 0 saturated carbocycles. The Hall–Kier alpha value is -2.30. The summed E-state index contributed by atoms with van der Waals surface area (Å²) in [6.07, 6.45) is 0. The van der Waals surface area contributed by atoms with Crippen molar-refractivity contribution in [2.45, 2.75) is 6.92 Å². The highest BCUT2D eigenvalue weighted by molar-refractivity contribution is 6.68. The number of hydrogen-bond donors (Lipinski definition) is 0. The van der Waals surface area contributed by atoms with Gasteiger partial charge in [-0.25, -0.2) is 4.98 Å². The minimum absolute atomic E-state index is 0.367. The van der Waals surface area contributed by atoms with Crippen LogP contribution in [0.5, 0.6) is 11.5 Å². The molecule has 4 nitrogen and oxygen atoms in total. The van der Waals surface area contributed by atoms with Crippen molar-refractivity contribution in [1.29, 1.82) is 0 Å². The Kier molecular flexibility index (Phi) is 4.84. The van der Waals surface area contributed by atoms with Crippen LogP contribution in [0, 0.1) is 6.92 Å². The number of rotatable bonds is 4. The van der Waals surface area contributed by atoms with E-state index in [9.17, 15) is 4.79 Å². The fraction of sp³-hybridized carbons (Fsp3) is 0.158. The molecule has 6 heteroatoms. The fourth-order valence-corrected chi connectivity index (χ4v) is 3.03. The number of hydrogen-bond acceptors (Lipinski definition) is 4. The molecule has 25 heavy (non-hydrogen) atoms. The molecule has 1 aromatic heterocycles. The molecular weight excluding hydrogens is 361 g/mol. The second-order valence-electron chi connectivity index (χ2n) is 5.46. The van der Waals surface area contributed by atoms with Gasteiger partial charge in [-0.15, -0.1) is 0 Å². The number of halogens is 2. The lowest BCUT2D eigenvalue weighted by atomic mass is 10.0. The van der Waals surface area contributed by atoms with Gasteiger partial charge in [0.25, 0.3) is 5.24 Å². The van der Waals surface area contributed by atoms with Crippen LogP contribution in [0.2, 0.25) is 5.02 Å². The zero-order valence-electron chi connectivity index (χ0n) is 13.9.